The Kier molecular flexibility index (Phi) is 4.83. The Morgan fingerprint density at radius 1 is 1.33 bits per heavy atom. The highest BCUT2D eigenvalue weighted by atomic mass is 79.9. The number of aromatic nitrogens is 2. The maximum absolute atomic E-state index is 13.0. The van der Waals surface area contributed by atoms with Crippen LogP contribution < -0.4 is 19.1 Å². The molecule has 4 atom stereocenters. The molecule has 1 unspecified atom stereocenters. The van der Waals surface area contributed by atoms with E-state index in [0.29, 0.717) is 17.1 Å². The molecule has 3 aliphatic rings. The number of fused-ring (bicyclic) bond motifs is 4. The standard InChI is InChI=1S/C21H25BrN4O3S/c1-20(2,3)30(27)25-17-14-6-4-5-7-15(14)29-21(17)8-9-26-13(10-21)12-28-19-18(26)23-11-16(22)24-19/h4-7,11,13,17,25H,8-10,12H2,1-3H3/t13-,17-,21?,30-/m1/s1. The second-order valence-electron chi connectivity index (χ2n) is 9.07. The summed E-state index contributed by atoms with van der Waals surface area (Å²) in [5, 5.41) is 0. The fraction of sp³-hybridized carbons (Fsp3) is 0.524. The van der Waals surface area contributed by atoms with E-state index in [1.165, 1.54) is 0 Å². The first-order chi connectivity index (χ1) is 14.3. The van der Waals surface area contributed by atoms with Crippen LogP contribution >= 0.6 is 15.9 Å². The minimum absolute atomic E-state index is 0.114. The zero-order valence-electron chi connectivity index (χ0n) is 17.2. The normalized spacial score (nSPS) is 28.2. The summed E-state index contributed by atoms with van der Waals surface area (Å²) in [5.41, 5.74) is 0.597. The van der Waals surface area contributed by atoms with Gasteiger partial charge in [-0.05, 0) is 42.8 Å². The van der Waals surface area contributed by atoms with Gasteiger partial charge in [0.1, 0.15) is 22.6 Å². The molecule has 160 valence electrons. The molecular formula is C21H25BrN4O3S. The van der Waals surface area contributed by atoms with E-state index in [1.807, 2.05) is 39.0 Å². The van der Waals surface area contributed by atoms with Crippen LogP contribution in [0, 0.1) is 0 Å². The van der Waals surface area contributed by atoms with E-state index in [1.54, 1.807) is 6.20 Å². The lowest BCUT2D eigenvalue weighted by atomic mass is 9.79. The predicted octanol–water partition coefficient (Wildman–Crippen LogP) is 3.52. The summed E-state index contributed by atoms with van der Waals surface area (Å²) in [6, 6.07) is 8.04. The molecule has 0 amide bonds. The smallest absolute Gasteiger partial charge is 0.258 e. The molecule has 2 aromatic rings. The highest BCUT2D eigenvalue weighted by Crippen LogP contribution is 2.51. The van der Waals surface area contributed by atoms with E-state index in [9.17, 15) is 4.21 Å². The molecule has 1 aromatic carbocycles. The van der Waals surface area contributed by atoms with Gasteiger partial charge in [-0.3, -0.25) is 0 Å². The summed E-state index contributed by atoms with van der Waals surface area (Å²) in [7, 11) is -1.21. The first kappa shape index (κ1) is 20.2. The van der Waals surface area contributed by atoms with Crippen molar-refractivity contribution in [2.75, 3.05) is 18.1 Å². The van der Waals surface area contributed by atoms with Crippen molar-refractivity contribution in [2.24, 2.45) is 0 Å². The number of rotatable bonds is 2. The van der Waals surface area contributed by atoms with Gasteiger partial charge in [-0.1, -0.05) is 18.2 Å². The van der Waals surface area contributed by atoms with Crippen molar-refractivity contribution in [1.82, 2.24) is 14.7 Å². The fourth-order valence-electron chi connectivity index (χ4n) is 4.53. The maximum atomic E-state index is 13.0. The van der Waals surface area contributed by atoms with Crippen LogP contribution in [0.2, 0.25) is 0 Å². The number of para-hydroxylation sites is 1. The Morgan fingerprint density at radius 2 is 2.13 bits per heavy atom. The van der Waals surface area contributed by atoms with Crippen LogP contribution in [0.15, 0.2) is 35.1 Å². The summed E-state index contributed by atoms with van der Waals surface area (Å²) in [5.74, 6) is 2.22. The summed E-state index contributed by atoms with van der Waals surface area (Å²) in [6.45, 7) is 7.24. The molecule has 1 aromatic heterocycles. The minimum Gasteiger partial charge on any atom is -0.485 e. The molecule has 9 heteroatoms. The number of anilines is 1. The SMILES string of the molecule is CC(C)(C)[S@@](=O)N[C@@H]1c2ccccc2OC12CCN1c3ncc(Br)nc3OC[C@H]1C2. The minimum atomic E-state index is -1.21. The quantitative estimate of drug-likeness (QED) is 0.690. The summed E-state index contributed by atoms with van der Waals surface area (Å²) < 4.78 is 29.3. The second-order valence-corrected chi connectivity index (χ2v) is 11.9. The van der Waals surface area contributed by atoms with Crippen molar-refractivity contribution in [3.63, 3.8) is 0 Å². The first-order valence-corrected chi connectivity index (χ1v) is 12.1. The lowest BCUT2D eigenvalue weighted by Gasteiger charge is -2.48. The molecule has 0 aliphatic carbocycles. The van der Waals surface area contributed by atoms with Crippen LogP contribution in [0.4, 0.5) is 5.82 Å². The molecule has 0 radical (unpaired) electrons. The van der Waals surface area contributed by atoms with Crippen molar-refractivity contribution in [3.05, 3.63) is 40.6 Å². The topological polar surface area (TPSA) is 76.6 Å². The number of nitrogens with one attached hydrogen (secondary N) is 1. The van der Waals surface area contributed by atoms with Gasteiger partial charge < -0.3 is 14.4 Å². The summed E-state index contributed by atoms with van der Waals surface area (Å²) >= 11 is 3.36. The zero-order chi connectivity index (χ0) is 21.1. The molecule has 1 N–H and O–H groups in total. The summed E-state index contributed by atoms with van der Waals surface area (Å²) in [6.07, 6.45) is 3.24. The number of ether oxygens (including phenoxy) is 2. The number of piperidine rings is 1. The molecule has 1 fully saturated rings. The fourth-order valence-corrected chi connectivity index (χ4v) is 5.70. The van der Waals surface area contributed by atoms with Crippen molar-refractivity contribution >= 4 is 32.7 Å². The lowest BCUT2D eigenvalue weighted by molar-refractivity contribution is 0.0149. The molecule has 0 saturated carbocycles. The van der Waals surface area contributed by atoms with Crippen LogP contribution in [0.5, 0.6) is 11.6 Å². The van der Waals surface area contributed by atoms with Crippen LogP contribution in [0.3, 0.4) is 0 Å². The van der Waals surface area contributed by atoms with E-state index < -0.39 is 16.6 Å². The third-order valence-electron chi connectivity index (χ3n) is 6.03. The van der Waals surface area contributed by atoms with E-state index >= 15 is 0 Å². The van der Waals surface area contributed by atoms with Crippen molar-refractivity contribution in [3.8, 4) is 11.6 Å². The van der Waals surface area contributed by atoms with Gasteiger partial charge in [0.25, 0.3) is 5.88 Å². The molecule has 1 spiro atoms. The number of hydrogen-bond donors (Lipinski definition) is 1. The Hall–Kier alpha value is -1.71. The predicted molar refractivity (Wildman–Crippen MR) is 119 cm³/mol. The number of hydrogen-bond acceptors (Lipinski definition) is 6. The second kappa shape index (κ2) is 7.17. The Bertz CT molecular complexity index is 1010. The highest BCUT2D eigenvalue weighted by Gasteiger charge is 2.54. The molecule has 3 aliphatic heterocycles. The Balaban J connectivity index is 1.47. The maximum Gasteiger partial charge on any atom is 0.258 e. The molecule has 7 nitrogen and oxygen atoms in total. The van der Waals surface area contributed by atoms with Crippen molar-refractivity contribution in [2.45, 2.75) is 56.0 Å². The van der Waals surface area contributed by atoms with Crippen molar-refractivity contribution in [1.29, 1.82) is 0 Å². The van der Waals surface area contributed by atoms with Crippen molar-refractivity contribution < 1.29 is 13.7 Å². The van der Waals surface area contributed by atoms with Gasteiger partial charge in [0.2, 0.25) is 0 Å². The van der Waals surface area contributed by atoms with Gasteiger partial charge >= 0.3 is 0 Å². The molecular weight excluding hydrogens is 468 g/mol. The number of halogens is 1. The third-order valence-corrected chi connectivity index (χ3v) is 7.97. The van der Waals surface area contributed by atoms with Gasteiger partial charge in [-0.2, -0.15) is 0 Å². The van der Waals surface area contributed by atoms with Crippen LogP contribution in [0.25, 0.3) is 0 Å². The monoisotopic (exact) mass is 492 g/mol. The average Bonchev–Trinajstić information content (AvgIpc) is 2.99. The average molecular weight is 493 g/mol. The first-order valence-electron chi connectivity index (χ1n) is 10.1. The highest BCUT2D eigenvalue weighted by molar-refractivity contribution is 9.10. The molecule has 4 heterocycles. The Labute approximate surface area is 187 Å². The van der Waals surface area contributed by atoms with Gasteiger partial charge in [-0.15, -0.1) is 0 Å². The van der Waals surface area contributed by atoms with Gasteiger partial charge in [0.15, 0.2) is 5.82 Å². The van der Waals surface area contributed by atoms with E-state index in [0.717, 1.165) is 36.5 Å². The van der Waals surface area contributed by atoms with E-state index in [2.05, 4.69) is 41.6 Å². The zero-order valence-corrected chi connectivity index (χ0v) is 19.6. The van der Waals surface area contributed by atoms with Crippen LogP contribution in [0.1, 0.15) is 45.2 Å². The van der Waals surface area contributed by atoms with E-state index in [-0.39, 0.29) is 16.8 Å². The molecule has 1 saturated heterocycles. The van der Waals surface area contributed by atoms with Crippen LogP contribution in [-0.4, -0.2) is 43.7 Å². The van der Waals surface area contributed by atoms with Gasteiger partial charge in [-0.25, -0.2) is 18.9 Å². The lowest BCUT2D eigenvalue weighted by Crippen LogP contribution is -2.60. The van der Waals surface area contributed by atoms with Gasteiger partial charge in [0.05, 0.1) is 34.0 Å². The number of benzene rings is 1. The summed E-state index contributed by atoms with van der Waals surface area (Å²) in [4.78, 5) is 11.2. The largest absolute Gasteiger partial charge is 0.485 e. The number of nitrogens with zero attached hydrogens (tertiary/aromatic N) is 3. The molecule has 5 rings (SSSR count). The van der Waals surface area contributed by atoms with E-state index in [4.69, 9.17) is 9.47 Å². The Morgan fingerprint density at radius 3 is 2.93 bits per heavy atom. The third kappa shape index (κ3) is 3.31. The van der Waals surface area contributed by atoms with Gasteiger partial charge in [0, 0.05) is 24.9 Å². The molecule has 30 heavy (non-hydrogen) atoms. The molecule has 0 bridgehead atoms. The van der Waals surface area contributed by atoms with Crippen LogP contribution in [-0.2, 0) is 11.0 Å².